The zero-order valence-corrected chi connectivity index (χ0v) is 33.4. The van der Waals surface area contributed by atoms with Crippen LogP contribution in [0, 0.1) is 63.1 Å². The van der Waals surface area contributed by atoms with Crippen LogP contribution in [0.15, 0.2) is 23.4 Å². The van der Waals surface area contributed by atoms with Gasteiger partial charge in [-0.1, -0.05) is 48.5 Å². The fourth-order valence-corrected chi connectivity index (χ4v) is 12.7. The zero-order valence-electron chi connectivity index (χ0n) is 32.6. The quantitative estimate of drug-likeness (QED) is 0.264. The number of aryl methyl sites for hydroxylation is 1. The molecule has 0 amide bonds. The number of halogens is 1. The zero-order chi connectivity index (χ0) is 36.8. The summed E-state index contributed by atoms with van der Waals surface area (Å²) in [6.07, 6.45) is 9.18. The van der Waals surface area contributed by atoms with Crippen LogP contribution < -0.4 is 0 Å². The number of carboxylic acids is 1. The van der Waals surface area contributed by atoms with Gasteiger partial charge in [0, 0.05) is 23.7 Å². The van der Waals surface area contributed by atoms with Crippen molar-refractivity contribution in [3.63, 3.8) is 0 Å². The van der Waals surface area contributed by atoms with Crippen LogP contribution >= 0.6 is 12.4 Å². The molecule has 0 saturated heterocycles. The molecule has 0 aliphatic heterocycles. The molecule has 1 N–H and O–H groups in total. The van der Waals surface area contributed by atoms with Crippen LogP contribution in [0.3, 0.4) is 0 Å². The molecule has 4 saturated carbocycles. The molecule has 0 bridgehead atoms. The summed E-state index contributed by atoms with van der Waals surface area (Å²) in [6.45, 7) is 21.3. The van der Waals surface area contributed by atoms with Crippen molar-refractivity contribution in [2.75, 3.05) is 0 Å². The SMILES string of the molecule is Cc1ccnc(CC(=O)[C@@]23CC[C@]4(C)[C@H](CC[C@@H]5[C@@]6(C)CC[C@H](OC(=O)CC(C)(C)C(=O)O)C(C)(C)[C@@H]6CC[C@]54C)C2=C(C(C)C)C(=O)C3)n1.Cl. The first kappa shape index (κ1) is 39.6. The molecule has 51 heavy (non-hydrogen) atoms. The minimum absolute atomic E-state index is 0. The lowest BCUT2D eigenvalue weighted by atomic mass is 9.33. The van der Waals surface area contributed by atoms with Gasteiger partial charge in [-0.2, -0.15) is 0 Å². The van der Waals surface area contributed by atoms with Crippen molar-refractivity contribution < 1.29 is 29.0 Å². The average molecular weight is 725 g/mol. The van der Waals surface area contributed by atoms with Crippen molar-refractivity contribution in [3.8, 4) is 0 Å². The summed E-state index contributed by atoms with van der Waals surface area (Å²) >= 11 is 0. The van der Waals surface area contributed by atoms with E-state index >= 15 is 0 Å². The molecule has 5 aliphatic carbocycles. The molecular formula is C42H61ClN2O6. The van der Waals surface area contributed by atoms with Gasteiger partial charge < -0.3 is 9.84 Å². The number of hydrogen-bond donors (Lipinski definition) is 1. The summed E-state index contributed by atoms with van der Waals surface area (Å²) in [5.74, 6) is 0.417. The first-order valence-corrected chi connectivity index (χ1v) is 19.2. The van der Waals surface area contributed by atoms with Crippen LogP contribution in [0.1, 0.15) is 138 Å². The Bertz CT molecular complexity index is 1650. The van der Waals surface area contributed by atoms with Crippen LogP contribution in [0.5, 0.6) is 0 Å². The number of carboxylic acid groups (broad SMARTS) is 1. The van der Waals surface area contributed by atoms with Gasteiger partial charge in [0.15, 0.2) is 11.6 Å². The summed E-state index contributed by atoms with van der Waals surface area (Å²) in [6, 6.07) is 1.84. The van der Waals surface area contributed by atoms with E-state index in [2.05, 4.69) is 58.4 Å². The second-order valence-electron chi connectivity index (χ2n) is 19.2. The third kappa shape index (κ3) is 5.92. The van der Waals surface area contributed by atoms with E-state index in [-0.39, 0.29) is 82.8 Å². The summed E-state index contributed by atoms with van der Waals surface area (Å²) in [5.41, 5.74) is 0.713. The predicted molar refractivity (Wildman–Crippen MR) is 198 cm³/mol. The molecule has 0 radical (unpaired) electrons. The minimum Gasteiger partial charge on any atom is -0.481 e. The maximum absolute atomic E-state index is 14.5. The second-order valence-corrected chi connectivity index (χ2v) is 19.2. The Morgan fingerprint density at radius 1 is 0.961 bits per heavy atom. The number of hydrogen-bond acceptors (Lipinski definition) is 7. The van der Waals surface area contributed by atoms with E-state index in [0.29, 0.717) is 24.1 Å². The van der Waals surface area contributed by atoms with Gasteiger partial charge in [0.05, 0.1) is 23.7 Å². The average Bonchev–Trinajstić information content (AvgIpc) is 3.32. The number of ketones is 2. The molecule has 0 spiro atoms. The highest BCUT2D eigenvalue weighted by Gasteiger charge is 2.71. The Hall–Kier alpha value is -2.61. The molecule has 5 aliphatic rings. The number of aromatic nitrogens is 2. The van der Waals surface area contributed by atoms with Gasteiger partial charge in [-0.3, -0.25) is 19.2 Å². The molecule has 6 rings (SSSR count). The highest BCUT2D eigenvalue weighted by atomic mass is 35.5. The fourth-order valence-electron chi connectivity index (χ4n) is 12.7. The van der Waals surface area contributed by atoms with Crippen LogP contribution in [-0.4, -0.2) is 44.7 Å². The Labute approximate surface area is 311 Å². The monoisotopic (exact) mass is 724 g/mol. The lowest BCUT2D eigenvalue weighted by molar-refractivity contribution is -0.233. The summed E-state index contributed by atoms with van der Waals surface area (Å²) in [4.78, 5) is 62.3. The van der Waals surface area contributed by atoms with Gasteiger partial charge in [-0.15, -0.1) is 12.4 Å². The highest BCUT2D eigenvalue weighted by Crippen LogP contribution is 2.76. The smallest absolute Gasteiger partial charge is 0.309 e. The van der Waals surface area contributed by atoms with Gasteiger partial charge in [-0.25, -0.2) is 9.97 Å². The molecule has 8 nitrogen and oxygen atoms in total. The van der Waals surface area contributed by atoms with E-state index in [1.54, 1.807) is 20.0 Å². The lowest BCUT2D eigenvalue weighted by Gasteiger charge is -2.72. The van der Waals surface area contributed by atoms with Crippen molar-refractivity contribution in [3.05, 3.63) is 34.9 Å². The van der Waals surface area contributed by atoms with E-state index in [1.165, 1.54) is 0 Å². The van der Waals surface area contributed by atoms with Gasteiger partial charge in [0.1, 0.15) is 11.9 Å². The summed E-state index contributed by atoms with van der Waals surface area (Å²) in [5, 5.41) is 9.59. The lowest BCUT2D eigenvalue weighted by Crippen LogP contribution is -2.66. The van der Waals surface area contributed by atoms with Crippen LogP contribution in [0.2, 0.25) is 0 Å². The molecule has 8 atom stereocenters. The number of aliphatic carboxylic acids is 1. The first-order valence-electron chi connectivity index (χ1n) is 19.2. The molecule has 1 aromatic rings. The van der Waals surface area contributed by atoms with E-state index in [9.17, 15) is 24.3 Å². The highest BCUT2D eigenvalue weighted by molar-refractivity contribution is 6.07. The Balaban J connectivity index is 0.00000504. The van der Waals surface area contributed by atoms with Crippen LogP contribution in [0.4, 0.5) is 0 Å². The first-order chi connectivity index (χ1) is 23.1. The topological polar surface area (TPSA) is 124 Å². The molecule has 282 valence electrons. The van der Waals surface area contributed by atoms with Crippen molar-refractivity contribution >= 4 is 35.9 Å². The molecule has 9 heteroatoms. The second kappa shape index (κ2) is 13.1. The summed E-state index contributed by atoms with van der Waals surface area (Å²) in [7, 11) is 0. The third-order valence-corrected chi connectivity index (χ3v) is 15.5. The fraction of sp³-hybridized carbons (Fsp3) is 0.762. The van der Waals surface area contributed by atoms with Gasteiger partial charge in [0.2, 0.25) is 0 Å². The van der Waals surface area contributed by atoms with Gasteiger partial charge in [-0.05, 0) is 129 Å². The number of carbonyl (C=O) groups is 4. The molecule has 1 aromatic heterocycles. The maximum Gasteiger partial charge on any atom is 0.309 e. The molecular weight excluding hydrogens is 664 g/mol. The number of esters is 1. The van der Waals surface area contributed by atoms with Crippen molar-refractivity contribution in [2.24, 2.45) is 56.2 Å². The maximum atomic E-state index is 14.5. The third-order valence-electron chi connectivity index (χ3n) is 15.5. The van der Waals surface area contributed by atoms with Crippen molar-refractivity contribution in [1.82, 2.24) is 9.97 Å². The van der Waals surface area contributed by atoms with E-state index in [1.807, 2.05) is 13.0 Å². The van der Waals surface area contributed by atoms with E-state index < -0.39 is 22.8 Å². The van der Waals surface area contributed by atoms with Crippen LogP contribution in [0.25, 0.3) is 0 Å². The van der Waals surface area contributed by atoms with Crippen LogP contribution in [-0.2, 0) is 30.3 Å². The minimum atomic E-state index is -1.17. The number of ether oxygens (including phenoxy) is 1. The van der Waals surface area contributed by atoms with Crippen molar-refractivity contribution in [1.29, 1.82) is 0 Å². The van der Waals surface area contributed by atoms with Crippen molar-refractivity contribution in [2.45, 2.75) is 146 Å². The number of carbonyl (C=O) groups excluding carboxylic acids is 3. The number of nitrogens with zero attached hydrogens (tertiary/aromatic N) is 2. The molecule has 0 aromatic carbocycles. The number of Topliss-reactive ketones (excluding diaryl/α,β-unsaturated/α-hetero) is 2. The Morgan fingerprint density at radius 3 is 2.27 bits per heavy atom. The Morgan fingerprint density at radius 2 is 1.65 bits per heavy atom. The molecule has 0 unspecified atom stereocenters. The molecule has 1 heterocycles. The number of fused-ring (bicyclic) bond motifs is 7. The standard InChI is InChI=1S/C42H60N2O6.ClH/c1-24(2)34-27(45)22-42(30(46)21-32-43-20-15-25(3)44-32)19-18-40(9)26(35(34)42)11-12-29-39(8)16-14-31(50-33(47)23-37(4,5)36(48)49)38(6,7)28(39)13-17-41(29,40)10;/h15,20,24,26,28-29,31H,11-14,16-19,21-23H2,1-10H3,(H,48,49);1H/t26-,28+,29-,31+,39+,40-,41-,42+;/m1./s1. The van der Waals surface area contributed by atoms with E-state index in [0.717, 1.165) is 61.8 Å². The number of allylic oxidation sites excluding steroid dienone is 2. The Kier molecular flexibility index (Phi) is 10.1. The largest absolute Gasteiger partial charge is 0.481 e. The van der Waals surface area contributed by atoms with Gasteiger partial charge >= 0.3 is 11.9 Å². The molecule has 4 fully saturated rings. The summed E-state index contributed by atoms with van der Waals surface area (Å²) < 4.78 is 6.15. The van der Waals surface area contributed by atoms with E-state index in [4.69, 9.17) is 4.74 Å². The van der Waals surface area contributed by atoms with Gasteiger partial charge in [0.25, 0.3) is 0 Å². The predicted octanol–water partition coefficient (Wildman–Crippen LogP) is 8.71. The number of rotatable bonds is 8. The normalized spacial score (nSPS) is 37.0.